The van der Waals surface area contributed by atoms with E-state index in [2.05, 4.69) is 17.9 Å². The number of carboxylic acid groups (broad SMARTS) is 1. The zero-order valence-electron chi connectivity index (χ0n) is 12.2. The Morgan fingerprint density at radius 1 is 1.23 bits per heavy atom. The third-order valence-electron chi connectivity index (χ3n) is 3.63. The molecule has 0 saturated heterocycles. The van der Waals surface area contributed by atoms with Gasteiger partial charge in [0, 0.05) is 30.2 Å². The molecule has 2 aromatic carbocycles. The minimum atomic E-state index is -1.62. The predicted molar refractivity (Wildman–Crippen MR) is 88.0 cm³/mol. The fraction of sp³-hybridized carbons (Fsp3) is 0.188. The van der Waals surface area contributed by atoms with E-state index in [1.807, 2.05) is 31.1 Å². The molecule has 1 heterocycles. The van der Waals surface area contributed by atoms with E-state index in [1.165, 1.54) is 0 Å². The second-order valence-electron chi connectivity index (χ2n) is 5.34. The maximum absolute atomic E-state index is 11.9. The molecule has 1 aliphatic rings. The van der Waals surface area contributed by atoms with Gasteiger partial charge >= 0.3 is 11.7 Å². The number of hydrogen-bond acceptors (Lipinski definition) is 5. The third-order valence-corrected chi connectivity index (χ3v) is 3.91. The van der Waals surface area contributed by atoms with Crippen LogP contribution in [0.15, 0.2) is 47.4 Å². The second-order valence-corrected chi connectivity index (χ2v) is 5.85. The summed E-state index contributed by atoms with van der Waals surface area (Å²) in [7, 11) is 3.85. The number of benzene rings is 2. The highest BCUT2D eigenvalue weighted by atomic mass is 32.1. The van der Waals surface area contributed by atoms with Gasteiger partial charge in [-0.15, -0.1) is 12.6 Å². The molecule has 2 N–H and O–H groups in total. The monoisotopic (exact) mass is 316 g/mol. The Morgan fingerprint density at radius 2 is 1.91 bits per heavy atom. The molecule has 1 aliphatic heterocycles. The van der Waals surface area contributed by atoms with Crippen molar-refractivity contribution in [2.75, 3.05) is 24.3 Å². The van der Waals surface area contributed by atoms with Crippen molar-refractivity contribution in [1.29, 1.82) is 0 Å². The summed E-state index contributed by atoms with van der Waals surface area (Å²) in [5, 5.41) is 12.7. The van der Waals surface area contributed by atoms with Crippen molar-refractivity contribution >= 4 is 30.0 Å². The van der Waals surface area contributed by atoms with E-state index in [-0.39, 0.29) is 0 Å². The summed E-state index contributed by atoms with van der Waals surface area (Å²) in [5.41, 5.74) is 0.515. The number of rotatable bonds is 3. The van der Waals surface area contributed by atoms with Gasteiger partial charge in [-0.3, -0.25) is 0 Å². The zero-order chi connectivity index (χ0) is 15.9. The van der Waals surface area contributed by atoms with Gasteiger partial charge < -0.3 is 20.1 Å². The number of ether oxygens (including phenoxy) is 1. The number of hydrogen-bond donors (Lipinski definition) is 3. The molecule has 3 rings (SSSR count). The summed E-state index contributed by atoms with van der Waals surface area (Å²) in [4.78, 5) is 14.6. The Bertz CT molecular complexity index is 731. The quantitative estimate of drug-likeness (QED) is 0.760. The molecular weight excluding hydrogens is 300 g/mol. The number of nitrogens with one attached hydrogen (secondary N) is 1. The van der Waals surface area contributed by atoms with Crippen molar-refractivity contribution in [3.05, 3.63) is 48.0 Å². The molecule has 22 heavy (non-hydrogen) atoms. The van der Waals surface area contributed by atoms with Gasteiger partial charge in [0.25, 0.3) is 0 Å². The average molecular weight is 316 g/mol. The normalized spacial score (nSPS) is 19.0. The largest absolute Gasteiger partial charge is 0.477 e. The number of anilines is 2. The molecule has 0 fully saturated rings. The van der Waals surface area contributed by atoms with E-state index in [1.54, 1.807) is 30.3 Å². The SMILES string of the molecule is CN(C)c1ccc(C2(C(=O)O)Nc3cc(S)ccc3O2)cc1. The van der Waals surface area contributed by atoms with Gasteiger partial charge in [-0.1, -0.05) is 12.1 Å². The molecular formula is C16H16N2O3S. The van der Waals surface area contributed by atoms with Crippen LogP contribution in [0.3, 0.4) is 0 Å². The van der Waals surface area contributed by atoms with Crippen LogP contribution in [0.1, 0.15) is 5.56 Å². The summed E-state index contributed by atoms with van der Waals surface area (Å²) in [6.07, 6.45) is 0. The van der Waals surface area contributed by atoms with Gasteiger partial charge in [0.15, 0.2) is 0 Å². The van der Waals surface area contributed by atoms with Gasteiger partial charge in [0.1, 0.15) is 5.75 Å². The summed E-state index contributed by atoms with van der Waals surface area (Å²) in [6, 6.07) is 12.4. The summed E-state index contributed by atoms with van der Waals surface area (Å²) >= 11 is 4.27. The standard InChI is InChI=1S/C16H16N2O3S/c1-18(2)11-5-3-10(4-6-11)16(15(19)20)17-13-9-12(22)7-8-14(13)21-16/h3-9,17,22H,1-2H3,(H,19,20). The first-order valence-corrected chi connectivity index (χ1v) is 7.18. The smallest absolute Gasteiger partial charge is 0.375 e. The summed E-state index contributed by atoms with van der Waals surface area (Å²) in [5.74, 6) is -0.598. The molecule has 0 saturated carbocycles. The molecule has 2 aromatic rings. The topological polar surface area (TPSA) is 61.8 Å². The Morgan fingerprint density at radius 3 is 2.50 bits per heavy atom. The third kappa shape index (κ3) is 2.25. The lowest BCUT2D eigenvalue weighted by Gasteiger charge is -2.25. The van der Waals surface area contributed by atoms with Gasteiger partial charge in [-0.25, -0.2) is 4.79 Å². The first-order valence-electron chi connectivity index (χ1n) is 6.74. The van der Waals surface area contributed by atoms with Crippen LogP contribution in [0.2, 0.25) is 0 Å². The van der Waals surface area contributed by atoms with Gasteiger partial charge in [0.05, 0.1) is 5.69 Å². The fourth-order valence-electron chi connectivity index (χ4n) is 2.43. The van der Waals surface area contributed by atoms with Crippen molar-refractivity contribution in [1.82, 2.24) is 0 Å². The van der Waals surface area contributed by atoms with Crippen LogP contribution in [0, 0.1) is 0 Å². The highest BCUT2D eigenvalue weighted by molar-refractivity contribution is 7.80. The lowest BCUT2D eigenvalue weighted by Crippen LogP contribution is -2.45. The summed E-state index contributed by atoms with van der Waals surface area (Å²) < 4.78 is 5.74. The number of carboxylic acids is 1. The summed E-state index contributed by atoms with van der Waals surface area (Å²) in [6.45, 7) is 0. The molecule has 0 amide bonds. The molecule has 0 bridgehead atoms. The first-order chi connectivity index (χ1) is 10.4. The molecule has 0 aromatic heterocycles. The molecule has 6 heteroatoms. The lowest BCUT2D eigenvalue weighted by molar-refractivity contribution is -0.152. The Balaban J connectivity index is 2.03. The molecule has 1 atom stereocenters. The fourth-order valence-corrected chi connectivity index (χ4v) is 2.63. The Hall–Kier alpha value is -2.34. The van der Waals surface area contributed by atoms with Crippen LogP contribution in [0.25, 0.3) is 0 Å². The van der Waals surface area contributed by atoms with E-state index in [4.69, 9.17) is 4.74 Å². The first kappa shape index (κ1) is 14.6. The van der Waals surface area contributed by atoms with Gasteiger partial charge in [-0.2, -0.15) is 0 Å². The maximum atomic E-state index is 11.9. The van der Waals surface area contributed by atoms with Crippen molar-refractivity contribution in [2.45, 2.75) is 10.6 Å². The second kappa shape index (κ2) is 5.14. The van der Waals surface area contributed by atoms with Crippen LogP contribution in [0.5, 0.6) is 5.75 Å². The highest BCUT2D eigenvalue weighted by Crippen LogP contribution is 2.43. The van der Waals surface area contributed by atoms with E-state index >= 15 is 0 Å². The van der Waals surface area contributed by atoms with Crippen molar-refractivity contribution in [2.24, 2.45) is 0 Å². The van der Waals surface area contributed by atoms with E-state index in [9.17, 15) is 9.90 Å². The predicted octanol–water partition coefficient (Wildman–Crippen LogP) is 2.78. The lowest BCUT2D eigenvalue weighted by atomic mass is 10.0. The van der Waals surface area contributed by atoms with Crippen molar-refractivity contribution in [3.63, 3.8) is 0 Å². The highest BCUT2D eigenvalue weighted by Gasteiger charge is 2.48. The molecule has 114 valence electrons. The van der Waals surface area contributed by atoms with Gasteiger partial charge in [0.2, 0.25) is 0 Å². The van der Waals surface area contributed by atoms with Crippen molar-refractivity contribution < 1.29 is 14.6 Å². The Kier molecular flexibility index (Phi) is 3.41. The van der Waals surface area contributed by atoms with Crippen LogP contribution in [-0.4, -0.2) is 25.2 Å². The molecule has 0 aliphatic carbocycles. The maximum Gasteiger partial charge on any atom is 0.375 e. The number of thiol groups is 1. The number of aliphatic carboxylic acids is 1. The minimum absolute atomic E-state index is 0.497. The molecule has 5 nitrogen and oxygen atoms in total. The van der Waals surface area contributed by atoms with Crippen LogP contribution < -0.4 is 15.0 Å². The van der Waals surface area contributed by atoms with Crippen LogP contribution in [-0.2, 0) is 10.5 Å². The van der Waals surface area contributed by atoms with E-state index in [0.29, 0.717) is 17.0 Å². The Labute approximate surface area is 133 Å². The van der Waals surface area contributed by atoms with E-state index < -0.39 is 11.7 Å². The van der Waals surface area contributed by atoms with Crippen LogP contribution in [0.4, 0.5) is 11.4 Å². The zero-order valence-corrected chi connectivity index (χ0v) is 13.1. The number of carbonyl (C=O) groups is 1. The molecule has 1 unspecified atom stereocenters. The molecule has 0 spiro atoms. The molecule has 0 radical (unpaired) electrons. The average Bonchev–Trinajstić information content (AvgIpc) is 2.87. The number of nitrogens with zero attached hydrogens (tertiary/aromatic N) is 1. The van der Waals surface area contributed by atoms with Gasteiger partial charge in [-0.05, 0) is 30.3 Å². The van der Waals surface area contributed by atoms with Crippen molar-refractivity contribution in [3.8, 4) is 5.75 Å². The van der Waals surface area contributed by atoms with Crippen LogP contribution >= 0.6 is 12.6 Å². The minimum Gasteiger partial charge on any atom is -0.477 e. The number of fused-ring (bicyclic) bond motifs is 1. The van der Waals surface area contributed by atoms with E-state index in [0.717, 1.165) is 10.6 Å².